The van der Waals surface area contributed by atoms with E-state index in [-0.39, 0.29) is 11.5 Å². The summed E-state index contributed by atoms with van der Waals surface area (Å²) >= 11 is -1.51. The van der Waals surface area contributed by atoms with Crippen LogP contribution >= 0.6 is 0 Å². The summed E-state index contributed by atoms with van der Waals surface area (Å²) in [6, 6.07) is 28.5. The highest BCUT2D eigenvalue weighted by Gasteiger charge is 2.27. The Hall–Kier alpha value is -5.77. The molecule has 2 N–H and O–H groups in total. The summed E-state index contributed by atoms with van der Waals surface area (Å²) in [5.41, 5.74) is 8.03. The maximum atomic E-state index is 12.6. The van der Waals surface area contributed by atoms with Crippen molar-refractivity contribution in [2.75, 3.05) is 68.9 Å². The lowest BCUT2D eigenvalue weighted by atomic mass is 10.2. The Bertz CT molecular complexity index is 2760. The van der Waals surface area contributed by atoms with Crippen LogP contribution in [0.15, 0.2) is 115 Å². The second-order valence-electron chi connectivity index (χ2n) is 16.2. The van der Waals surface area contributed by atoms with Gasteiger partial charge in [0.15, 0.2) is 11.1 Å². The summed E-state index contributed by atoms with van der Waals surface area (Å²) in [4.78, 5) is 26.2. The average Bonchev–Trinajstić information content (AvgIpc) is 3.76. The number of anilines is 2. The van der Waals surface area contributed by atoms with E-state index in [1.165, 1.54) is 40.4 Å². The number of fused-ring (bicyclic) bond motifs is 6. The van der Waals surface area contributed by atoms with Crippen LogP contribution in [0.25, 0.3) is 43.9 Å². The SMILES string of the molecule is CCCN1CCN(c2ccc3c4cnccc4n(C)c3n2)CC1.Cc1ccc(C)cc1.Cc1ccc(S(=O)OC[C@H]2COCCN2c2ccc3c4cnccc4n(C)c3n2)cc1.O. The van der Waals surface area contributed by atoms with Gasteiger partial charge < -0.3 is 29.1 Å². The maximum absolute atomic E-state index is 12.6. The fourth-order valence-electron chi connectivity index (χ4n) is 8.25. The van der Waals surface area contributed by atoms with Gasteiger partial charge in [0.25, 0.3) is 0 Å². The molecule has 0 amide bonds. The number of piperazine rings is 1. The number of pyridine rings is 4. The van der Waals surface area contributed by atoms with Gasteiger partial charge in [-0.3, -0.25) is 19.1 Å². The van der Waals surface area contributed by atoms with Crippen LogP contribution in [-0.4, -0.2) is 109 Å². The highest BCUT2D eigenvalue weighted by Crippen LogP contribution is 2.30. The Kier molecular flexibility index (Phi) is 14.8. The van der Waals surface area contributed by atoms with E-state index in [2.05, 4.69) is 110 Å². The lowest BCUT2D eigenvalue weighted by Gasteiger charge is -2.36. The van der Waals surface area contributed by atoms with E-state index < -0.39 is 11.1 Å². The lowest BCUT2D eigenvalue weighted by molar-refractivity contribution is 0.0787. The molecule has 0 radical (unpaired) electrons. The topological polar surface area (TPSA) is 138 Å². The number of nitrogens with zero attached hydrogens (tertiary/aromatic N) is 9. The normalized spacial score (nSPS) is 16.1. The van der Waals surface area contributed by atoms with Crippen LogP contribution in [0.5, 0.6) is 0 Å². The van der Waals surface area contributed by atoms with Gasteiger partial charge >= 0.3 is 0 Å². The quantitative estimate of drug-likeness (QED) is 0.151. The highest BCUT2D eigenvalue weighted by molar-refractivity contribution is 7.80. The first-order valence-corrected chi connectivity index (χ1v) is 22.6. The number of aryl methyl sites for hydroxylation is 5. The summed E-state index contributed by atoms with van der Waals surface area (Å²) in [5.74, 6) is 1.96. The van der Waals surface area contributed by atoms with Gasteiger partial charge in [-0.05, 0) is 82.3 Å². The molecular weight excluding hydrogens is 811 g/mol. The predicted octanol–water partition coefficient (Wildman–Crippen LogP) is 7.51. The number of morpholine rings is 1. The summed E-state index contributed by atoms with van der Waals surface area (Å²) < 4.78 is 28.2. The minimum Gasteiger partial charge on any atom is -0.412 e. The van der Waals surface area contributed by atoms with Gasteiger partial charge in [0, 0.05) is 93.2 Å². The second-order valence-corrected chi connectivity index (χ2v) is 17.4. The largest absolute Gasteiger partial charge is 0.412 e. The zero-order valence-corrected chi connectivity index (χ0v) is 38.0. The fourth-order valence-corrected chi connectivity index (χ4v) is 9.03. The van der Waals surface area contributed by atoms with Gasteiger partial charge in [0.1, 0.15) is 22.9 Å². The fraction of sp³-hybridized carbons (Fsp3) is 0.347. The van der Waals surface area contributed by atoms with E-state index >= 15 is 0 Å². The van der Waals surface area contributed by atoms with E-state index in [9.17, 15) is 4.21 Å². The van der Waals surface area contributed by atoms with Crippen LogP contribution in [-0.2, 0) is 34.1 Å². The van der Waals surface area contributed by atoms with Crippen molar-refractivity contribution in [1.82, 2.24) is 34.0 Å². The third-order valence-corrected chi connectivity index (χ3v) is 12.8. The Morgan fingerprint density at radius 3 is 1.75 bits per heavy atom. The van der Waals surface area contributed by atoms with Crippen LogP contribution in [0, 0.1) is 20.8 Å². The van der Waals surface area contributed by atoms with E-state index in [4.69, 9.17) is 18.9 Å². The van der Waals surface area contributed by atoms with Crippen LogP contribution in [0.4, 0.5) is 11.6 Å². The predicted molar refractivity (Wildman–Crippen MR) is 256 cm³/mol. The van der Waals surface area contributed by atoms with Crippen LogP contribution in [0.3, 0.4) is 0 Å². The number of aromatic nitrogens is 6. The number of benzene rings is 2. The van der Waals surface area contributed by atoms with Crippen molar-refractivity contribution in [3.05, 3.63) is 126 Å². The molecule has 2 fully saturated rings. The molecule has 330 valence electrons. The summed E-state index contributed by atoms with van der Waals surface area (Å²) in [5, 5.41) is 4.53. The highest BCUT2D eigenvalue weighted by atomic mass is 32.2. The molecule has 6 aromatic heterocycles. The van der Waals surface area contributed by atoms with Crippen LogP contribution in [0.1, 0.15) is 30.0 Å². The maximum Gasteiger partial charge on any atom is 0.189 e. The molecule has 2 saturated heterocycles. The standard InChI is InChI=1S/C23H24N4O3S.C18H23N5.C8H10.H2O/c1-16-3-5-18(6-4-16)31(28)30-15-17-14-29-12-11-27(17)22-8-7-19-20-13-24-10-9-21(20)26(2)23(19)25-22;1-3-8-22-9-11-23(12-10-22)17-5-4-14-15-13-19-7-6-16(15)21(2)18(14)20-17;1-7-3-5-8(2)6-4-7;/h3-10,13,17H,11-12,14-15H2,1-2H3;4-7,13H,3,8-12H2,1-2H3;3-6H,1-2H3;1H2/t17-,31?;;;/m1.../s1. The molecule has 2 aliphatic rings. The minimum atomic E-state index is -1.51. The zero-order chi connectivity index (χ0) is 43.2. The first kappa shape index (κ1) is 45.3. The molecule has 0 saturated carbocycles. The lowest BCUT2D eigenvalue weighted by Crippen LogP contribution is -2.48. The molecule has 1 unspecified atom stereocenters. The Labute approximate surface area is 372 Å². The van der Waals surface area contributed by atoms with Gasteiger partial charge in [-0.1, -0.05) is 60.0 Å². The van der Waals surface area contributed by atoms with Gasteiger partial charge in [0.2, 0.25) is 0 Å². The van der Waals surface area contributed by atoms with Crippen molar-refractivity contribution in [3.63, 3.8) is 0 Å². The first-order chi connectivity index (χ1) is 30.2. The van der Waals surface area contributed by atoms with Gasteiger partial charge in [-0.25, -0.2) is 14.2 Å². The molecule has 10 rings (SSSR count). The molecule has 63 heavy (non-hydrogen) atoms. The molecule has 2 atom stereocenters. The van der Waals surface area contributed by atoms with Crippen LogP contribution < -0.4 is 9.80 Å². The van der Waals surface area contributed by atoms with Gasteiger partial charge in [-0.2, -0.15) is 0 Å². The zero-order valence-electron chi connectivity index (χ0n) is 37.2. The third-order valence-electron chi connectivity index (χ3n) is 11.8. The molecule has 0 aliphatic carbocycles. The molecule has 8 heterocycles. The third kappa shape index (κ3) is 10.2. The molecule has 14 heteroatoms. The molecule has 0 spiro atoms. The summed E-state index contributed by atoms with van der Waals surface area (Å²) in [7, 11) is 4.10. The number of ether oxygens (including phenoxy) is 1. The van der Waals surface area contributed by atoms with Crippen LogP contribution in [0.2, 0.25) is 0 Å². The van der Waals surface area contributed by atoms with Gasteiger partial charge in [-0.15, -0.1) is 0 Å². The second kappa shape index (κ2) is 20.6. The monoisotopic (exact) mass is 869 g/mol. The molecule has 13 nitrogen and oxygen atoms in total. The van der Waals surface area contributed by atoms with E-state index in [0.717, 1.165) is 71.0 Å². The molecule has 8 aromatic rings. The van der Waals surface area contributed by atoms with E-state index in [1.54, 1.807) is 6.20 Å². The van der Waals surface area contributed by atoms with E-state index in [1.807, 2.05) is 69.0 Å². The van der Waals surface area contributed by atoms with Crippen molar-refractivity contribution in [3.8, 4) is 0 Å². The Morgan fingerprint density at radius 1 is 0.667 bits per heavy atom. The average molecular weight is 870 g/mol. The van der Waals surface area contributed by atoms with Crippen molar-refractivity contribution >= 4 is 66.6 Å². The summed E-state index contributed by atoms with van der Waals surface area (Å²) in [6.07, 6.45) is 8.68. The van der Waals surface area contributed by atoms with Crippen molar-refractivity contribution in [1.29, 1.82) is 0 Å². The number of rotatable bonds is 8. The summed E-state index contributed by atoms with van der Waals surface area (Å²) in [6.45, 7) is 16.1. The molecule has 2 aliphatic heterocycles. The molecule has 2 aromatic carbocycles. The Morgan fingerprint density at radius 2 is 1.19 bits per heavy atom. The first-order valence-electron chi connectivity index (χ1n) is 21.5. The number of hydrogen-bond donors (Lipinski definition) is 0. The van der Waals surface area contributed by atoms with E-state index in [0.29, 0.717) is 31.3 Å². The van der Waals surface area contributed by atoms with Crippen molar-refractivity contribution < 1.29 is 18.6 Å². The molecular formula is C49H59N9O4S. The minimum absolute atomic E-state index is 0. The smallest absolute Gasteiger partial charge is 0.189 e. The Balaban J connectivity index is 0.000000163. The number of hydrogen-bond acceptors (Lipinski definition) is 10. The van der Waals surface area contributed by atoms with Gasteiger partial charge in [0.05, 0.1) is 41.8 Å². The van der Waals surface area contributed by atoms with Crippen molar-refractivity contribution in [2.24, 2.45) is 14.1 Å². The molecule has 0 bridgehead atoms. The van der Waals surface area contributed by atoms with Crippen molar-refractivity contribution in [2.45, 2.75) is 45.1 Å².